The van der Waals surface area contributed by atoms with Gasteiger partial charge in [0.05, 0.1) is 5.92 Å². The van der Waals surface area contributed by atoms with Crippen LogP contribution < -0.4 is 0 Å². The number of carbonyl (C=O) groups is 2. The number of amides is 1. The molecule has 126 valence electrons. The lowest BCUT2D eigenvalue weighted by atomic mass is 9.83. The number of hydrogen-bond donors (Lipinski definition) is 2. The molecule has 1 amide bonds. The van der Waals surface area contributed by atoms with Gasteiger partial charge in [-0.1, -0.05) is 50.6 Å². The predicted molar refractivity (Wildman–Crippen MR) is 87.0 cm³/mol. The van der Waals surface area contributed by atoms with Gasteiger partial charge in [-0.2, -0.15) is 0 Å². The first-order valence-corrected chi connectivity index (χ1v) is 8.18. The highest BCUT2D eigenvalue weighted by molar-refractivity contribution is 5.85. The quantitative estimate of drug-likeness (QED) is 0.872. The van der Waals surface area contributed by atoms with Crippen LogP contribution in [-0.4, -0.2) is 45.7 Å². The van der Waals surface area contributed by atoms with Crippen molar-refractivity contribution in [3.05, 3.63) is 35.9 Å². The van der Waals surface area contributed by atoms with Gasteiger partial charge in [-0.15, -0.1) is 0 Å². The largest absolute Gasteiger partial charge is 0.479 e. The third kappa shape index (κ3) is 3.72. The second-order valence-corrected chi connectivity index (χ2v) is 6.44. The predicted octanol–water partition coefficient (Wildman–Crippen LogP) is 2.25. The molecule has 1 aliphatic rings. The maximum absolute atomic E-state index is 13.0. The van der Waals surface area contributed by atoms with Crippen molar-refractivity contribution >= 4 is 11.9 Å². The molecule has 1 fully saturated rings. The summed E-state index contributed by atoms with van der Waals surface area (Å²) in [5.41, 5.74) is -0.707. The minimum Gasteiger partial charge on any atom is -0.479 e. The monoisotopic (exact) mass is 319 g/mol. The van der Waals surface area contributed by atoms with Crippen LogP contribution in [0.4, 0.5) is 0 Å². The highest BCUT2D eigenvalue weighted by Crippen LogP contribution is 2.31. The number of carbonyl (C=O) groups excluding carboxylic acids is 1. The Bertz CT molecular complexity index is 549. The molecule has 0 aromatic heterocycles. The Morgan fingerprint density at radius 2 is 1.78 bits per heavy atom. The van der Waals surface area contributed by atoms with Gasteiger partial charge in [-0.25, -0.2) is 4.79 Å². The third-order valence-corrected chi connectivity index (χ3v) is 4.94. The molecule has 2 N–H and O–H groups in total. The molecule has 5 nitrogen and oxygen atoms in total. The number of piperidine rings is 1. The van der Waals surface area contributed by atoms with E-state index >= 15 is 0 Å². The van der Waals surface area contributed by atoms with E-state index in [1.54, 1.807) is 4.90 Å². The molecular weight excluding hydrogens is 294 g/mol. The Morgan fingerprint density at radius 3 is 2.26 bits per heavy atom. The van der Waals surface area contributed by atoms with E-state index in [4.69, 9.17) is 5.11 Å². The number of rotatable bonds is 5. The van der Waals surface area contributed by atoms with E-state index in [9.17, 15) is 14.7 Å². The molecule has 5 heteroatoms. The van der Waals surface area contributed by atoms with Gasteiger partial charge in [-0.3, -0.25) is 4.79 Å². The van der Waals surface area contributed by atoms with Crippen molar-refractivity contribution in [3.63, 3.8) is 0 Å². The van der Waals surface area contributed by atoms with Crippen molar-refractivity contribution < 1.29 is 19.8 Å². The van der Waals surface area contributed by atoms with E-state index in [0.717, 1.165) is 12.0 Å². The summed E-state index contributed by atoms with van der Waals surface area (Å²) >= 11 is 0. The van der Waals surface area contributed by atoms with Crippen LogP contribution in [0.15, 0.2) is 30.3 Å². The summed E-state index contributed by atoms with van der Waals surface area (Å²) in [5.74, 6) is -1.20. The van der Waals surface area contributed by atoms with Crippen molar-refractivity contribution in [1.82, 2.24) is 4.90 Å². The Balaban J connectivity index is 2.15. The molecule has 0 spiro atoms. The zero-order valence-corrected chi connectivity index (χ0v) is 13.7. The molecule has 2 rings (SSSR count). The first-order chi connectivity index (χ1) is 10.9. The van der Waals surface area contributed by atoms with Crippen LogP contribution in [-0.2, 0) is 9.59 Å². The molecule has 0 saturated carbocycles. The number of aliphatic hydroxyl groups is 1. The Morgan fingerprint density at radius 1 is 1.22 bits per heavy atom. The van der Waals surface area contributed by atoms with Crippen molar-refractivity contribution in [1.29, 1.82) is 0 Å². The molecule has 1 aromatic carbocycles. The zero-order chi connectivity index (χ0) is 17.0. The van der Waals surface area contributed by atoms with Crippen LogP contribution in [0.1, 0.15) is 44.6 Å². The number of aliphatic carboxylic acids is 1. The van der Waals surface area contributed by atoms with E-state index < -0.39 is 11.6 Å². The summed E-state index contributed by atoms with van der Waals surface area (Å²) in [7, 11) is 0. The van der Waals surface area contributed by atoms with Crippen LogP contribution in [0.25, 0.3) is 0 Å². The summed E-state index contributed by atoms with van der Waals surface area (Å²) in [6.07, 6.45) is 1.05. The molecule has 1 aliphatic heterocycles. The van der Waals surface area contributed by atoms with E-state index in [2.05, 4.69) is 13.8 Å². The summed E-state index contributed by atoms with van der Waals surface area (Å²) in [6, 6.07) is 9.71. The Labute approximate surface area is 136 Å². The van der Waals surface area contributed by atoms with Crippen molar-refractivity contribution in [2.75, 3.05) is 13.1 Å². The van der Waals surface area contributed by atoms with Crippen molar-refractivity contribution in [2.24, 2.45) is 5.92 Å². The number of carboxylic acids is 1. The smallest absolute Gasteiger partial charge is 0.335 e. The number of hydrogen-bond acceptors (Lipinski definition) is 3. The van der Waals surface area contributed by atoms with Crippen LogP contribution in [0, 0.1) is 5.92 Å². The number of carboxylic acid groups (broad SMARTS) is 1. The van der Waals surface area contributed by atoms with Crippen LogP contribution in [0.5, 0.6) is 0 Å². The third-order valence-electron chi connectivity index (χ3n) is 4.94. The summed E-state index contributed by atoms with van der Waals surface area (Å²) in [5, 5.41) is 19.1. The lowest BCUT2D eigenvalue weighted by Crippen LogP contribution is -2.52. The molecule has 0 bridgehead atoms. The maximum atomic E-state index is 13.0. The van der Waals surface area contributed by atoms with Gasteiger partial charge in [0.2, 0.25) is 5.91 Å². The lowest BCUT2D eigenvalue weighted by molar-refractivity contribution is -0.165. The van der Waals surface area contributed by atoms with E-state index in [0.29, 0.717) is 0 Å². The molecule has 0 aliphatic carbocycles. The van der Waals surface area contributed by atoms with E-state index in [1.165, 1.54) is 0 Å². The van der Waals surface area contributed by atoms with E-state index in [1.807, 2.05) is 30.3 Å². The van der Waals surface area contributed by atoms with Crippen LogP contribution >= 0.6 is 0 Å². The number of benzene rings is 1. The SMILES string of the molecule is CCC(C)C(C(=O)N1CCC(O)(C(=O)O)CC1)c1ccccc1. The molecule has 1 aromatic rings. The fourth-order valence-electron chi connectivity index (χ4n) is 3.12. The number of nitrogens with zero attached hydrogens (tertiary/aromatic N) is 1. The fourth-order valence-corrected chi connectivity index (χ4v) is 3.12. The van der Waals surface area contributed by atoms with Gasteiger partial charge >= 0.3 is 5.97 Å². The Hall–Kier alpha value is -1.88. The minimum absolute atomic E-state index is 0.0259. The molecule has 1 heterocycles. The van der Waals surface area contributed by atoms with Crippen molar-refractivity contribution in [2.45, 2.75) is 44.6 Å². The highest BCUT2D eigenvalue weighted by atomic mass is 16.4. The van der Waals surface area contributed by atoms with Crippen molar-refractivity contribution in [3.8, 4) is 0 Å². The standard InChI is InChI=1S/C18H25NO4/c1-3-13(2)15(14-7-5-4-6-8-14)16(20)19-11-9-18(23,10-12-19)17(21)22/h4-8,13,15,23H,3,9-12H2,1-2H3,(H,21,22). The first kappa shape index (κ1) is 17.5. The average Bonchev–Trinajstić information content (AvgIpc) is 2.56. The normalized spacial score (nSPS) is 19.9. The van der Waals surface area contributed by atoms with Gasteiger partial charge in [0.1, 0.15) is 0 Å². The molecule has 2 unspecified atom stereocenters. The lowest BCUT2D eigenvalue weighted by Gasteiger charge is -2.38. The molecule has 1 saturated heterocycles. The van der Waals surface area contributed by atoms with E-state index in [-0.39, 0.29) is 43.7 Å². The summed E-state index contributed by atoms with van der Waals surface area (Å²) in [4.78, 5) is 25.8. The topological polar surface area (TPSA) is 77.8 Å². The van der Waals surface area contributed by atoms with Gasteiger partial charge in [0.15, 0.2) is 5.60 Å². The highest BCUT2D eigenvalue weighted by Gasteiger charge is 2.42. The van der Waals surface area contributed by atoms with Gasteiger partial charge < -0.3 is 15.1 Å². The minimum atomic E-state index is -1.70. The molecular formula is C18H25NO4. The molecule has 2 atom stereocenters. The second kappa shape index (κ2) is 7.13. The van der Waals surface area contributed by atoms with Crippen LogP contribution in [0.2, 0.25) is 0 Å². The summed E-state index contributed by atoms with van der Waals surface area (Å²) < 4.78 is 0. The maximum Gasteiger partial charge on any atom is 0.335 e. The number of likely N-dealkylation sites (tertiary alicyclic amines) is 1. The second-order valence-electron chi connectivity index (χ2n) is 6.44. The summed E-state index contributed by atoms with van der Waals surface area (Å²) in [6.45, 7) is 4.68. The fraction of sp³-hybridized carbons (Fsp3) is 0.556. The van der Waals surface area contributed by atoms with Gasteiger partial charge in [0.25, 0.3) is 0 Å². The van der Waals surface area contributed by atoms with Gasteiger partial charge in [0, 0.05) is 25.9 Å². The molecule has 0 radical (unpaired) electrons. The first-order valence-electron chi connectivity index (χ1n) is 8.18. The average molecular weight is 319 g/mol. The zero-order valence-electron chi connectivity index (χ0n) is 13.7. The van der Waals surface area contributed by atoms with Gasteiger partial charge in [-0.05, 0) is 11.5 Å². The molecule has 23 heavy (non-hydrogen) atoms. The Kier molecular flexibility index (Phi) is 5.42. The van der Waals surface area contributed by atoms with Crippen LogP contribution in [0.3, 0.4) is 0 Å².